The van der Waals surface area contributed by atoms with Crippen LogP contribution in [-0.2, 0) is 14.8 Å². The number of anilines is 1. The molecule has 146 valence electrons. The Bertz CT molecular complexity index is 1050. The smallest absolute Gasteiger partial charge is 0.280 e. The molecule has 0 saturated carbocycles. The third-order valence-electron chi connectivity index (χ3n) is 3.97. The molecule has 1 aliphatic heterocycles. The highest BCUT2D eigenvalue weighted by Crippen LogP contribution is 2.30. The van der Waals surface area contributed by atoms with Crippen molar-refractivity contribution < 1.29 is 18.3 Å². The molecule has 2 aromatic carbocycles. The first-order valence-corrected chi connectivity index (χ1v) is 9.99. The van der Waals surface area contributed by atoms with Gasteiger partial charge in [-0.3, -0.25) is 4.79 Å². The fraction of sp³-hybridized carbons (Fsp3) is 0.222. The van der Waals surface area contributed by atoms with Gasteiger partial charge in [0.15, 0.2) is 6.04 Å². The summed E-state index contributed by atoms with van der Waals surface area (Å²) in [7, 11) is -3.71. The first-order chi connectivity index (χ1) is 13.3. The Kier molecular flexibility index (Phi) is 5.52. The van der Waals surface area contributed by atoms with Crippen LogP contribution < -0.4 is 9.73 Å². The van der Waals surface area contributed by atoms with Crippen LogP contribution in [0.5, 0.6) is 5.75 Å². The summed E-state index contributed by atoms with van der Waals surface area (Å²) in [6, 6.07) is 11.6. The average Bonchev–Trinajstić information content (AvgIpc) is 2.95. The van der Waals surface area contributed by atoms with Crippen molar-refractivity contribution in [3.05, 3.63) is 48.5 Å². The van der Waals surface area contributed by atoms with Gasteiger partial charge in [-0.2, -0.15) is 20.3 Å². The van der Waals surface area contributed by atoms with Crippen molar-refractivity contribution in [3.63, 3.8) is 0 Å². The molecular weight excluding hydrogens is 382 g/mol. The van der Waals surface area contributed by atoms with Crippen molar-refractivity contribution in [2.24, 2.45) is 15.3 Å². The van der Waals surface area contributed by atoms with E-state index in [0.717, 1.165) is 0 Å². The molecule has 0 aliphatic carbocycles. The molecular formula is C18H19N5O4S. The molecule has 10 heteroatoms. The number of hydrogen-bond acceptors (Lipinski definition) is 7. The van der Waals surface area contributed by atoms with Crippen LogP contribution >= 0.6 is 0 Å². The fourth-order valence-corrected chi connectivity index (χ4v) is 3.65. The quantitative estimate of drug-likeness (QED) is 0.722. The number of carbonyl (C=O) groups excluding carboxylic acids is 1. The zero-order valence-electron chi connectivity index (χ0n) is 15.3. The molecule has 1 atom stereocenters. The van der Waals surface area contributed by atoms with Crippen LogP contribution in [0.4, 0.5) is 11.4 Å². The van der Waals surface area contributed by atoms with Crippen LogP contribution in [-0.4, -0.2) is 37.7 Å². The maximum Gasteiger partial charge on any atom is 0.280 e. The molecule has 1 heterocycles. The van der Waals surface area contributed by atoms with E-state index in [0.29, 0.717) is 11.4 Å². The molecule has 0 bridgehead atoms. The molecule has 0 radical (unpaired) electrons. The van der Waals surface area contributed by atoms with Gasteiger partial charge in [0.05, 0.1) is 16.3 Å². The summed E-state index contributed by atoms with van der Waals surface area (Å²) < 4.78 is 26.6. The minimum atomic E-state index is -3.71. The molecule has 1 unspecified atom stereocenters. The van der Waals surface area contributed by atoms with Crippen molar-refractivity contribution >= 4 is 33.0 Å². The van der Waals surface area contributed by atoms with Gasteiger partial charge in [-0.05, 0) is 37.3 Å². The van der Waals surface area contributed by atoms with Crippen molar-refractivity contribution in [1.82, 2.24) is 4.72 Å². The Morgan fingerprint density at radius 1 is 1.21 bits per heavy atom. The topological polar surface area (TPSA) is 124 Å². The van der Waals surface area contributed by atoms with E-state index in [1.165, 1.54) is 23.2 Å². The number of phenolic OH excluding ortho intramolecular Hbond substituents is 1. The largest absolute Gasteiger partial charge is 0.506 e. The second kappa shape index (κ2) is 7.87. The zero-order valence-corrected chi connectivity index (χ0v) is 16.1. The molecule has 0 spiro atoms. The number of rotatable bonds is 6. The van der Waals surface area contributed by atoms with Crippen LogP contribution in [0.2, 0.25) is 0 Å². The van der Waals surface area contributed by atoms with Gasteiger partial charge in [0.25, 0.3) is 5.91 Å². The standard InChI is InChI=1S/C18H19N5O4S/c1-3-19-28(26,27)14-9-10-16(24)15(11-14)20-21-17-12(2)22-23(18(17)25)13-7-5-4-6-8-13/h4-11,17,19,24H,3H2,1-2H3. The SMILES string of the molecule is CCNS(=O)(=O)c1ccc(O)c(N=NC2C(=O)N(c3ccccc3)N=C2C)c1. The molecule has 0 aromatic heterocycles. The number of phenols is 1. The Balaban J connectivity index is 1.86. The molecule has 2 aromatic rings. The van der Waals surface area contributed by atoms with E-state index in [4.69, 9.17) is 0 Å². The van der Waals surface area contributed by atoms with Crippen molar-refractivity contribution in [2.45, 2.75) is 24.8 Å². The average molecular weight is 401 g/mol. The zero-order chi connectivity index (χ0) is 20.3. The Hall–Kier alpha value is -3.11. The Morgan fingerprint density at radius 3 is 2.61 bits per heavy atom. The lowest BCUT2D eigenvalue weighted by atomic mass is 10.2. The van der Waals surface area contributed by atoms with E-state index < -0.39 is 16.1 Å². The van der Waals surface area contributed by atoms with Gasteiger partial charge >= 0.3 is 0 Å². The minimum Gasteiger partial charge on any atom is -0.506 e. The van der Waals surface area contributed by atoms with Gasteiger partial charge < -0.3 is 5.11 Å². The van der Waals surface area contributed by atoms with E-state index in [1.807, 2.05) is 6.07 Å². The second-order valence-corrected chi connectivity index (χ2v) is 7.76. The van der Waals surface area contributed by atoms with E-state index in [-0.39, 0.29) is 28.8 Å². The van der Waals surface area contributed by atoms with Crippen molar-refractivity contribution in [2.75, 3.05) is 11.6 Å². The lowest BCUT2D eigenvalue weighted by Gasteiger charge is -2.11. The molecule has 0 fully saturated rings. The van der Waals surface area contributed by atoms with E-state index in [1.54, 1.807) is 38.1 Å². The molecule has 3 rings (SSSR count). The maximum absolute atomic E-state index is 12.6. The molecule has 0 saturated heterocycles. The van der Waals surface area contributed by atoms with Crippen LogP contribution in [0.1, 0.15) is 13.8 Å². The van der Waals surface area contributed by atoms with Crippen molar-refractivity contribution in [3.8, 4) is 5.75 Å². The number of nitrogens with one attached hydrogen (secondary N) is 1. The minimum absolute atomic E-state index is 0.0576. The predicted molar refractivity (Wildman–Crippen MR) is 104 cm³/mol. The predicted octanol–water partition coefficient (Wildman–Crippen LogP) is 2.57. The van der Waals surface area contributed by atoms with Crippen LogP contribution in [0.25, 0.3) is 0 Å². The first-order valence-electron chi connectivity index (χ1n) is 8.51. The molecule has 1 amide bonds. The van der Waals surface area contributed by atoms with Crippen molar-refractivity contribution in [1.29, 1.82) is 0 Å². The number of para-hydroxylation sites is 1. The van der Waals surface area contributed by atoms with Crippen LogP contribution in [0, 0.1) is 0 Å². The highest BCUT2D eigenvalue weighted by atomic mass is 32.2. The summed E-state index contributed by atoms with van der Waals surface area (Å²) in [6.45, 7) is 3.53. The molecule has 28 heavy (non-hydrogen) atoms. The number of benzene rings is 2. The third kappa shape index (κ3) is 3.92. The molecule has 1 aliphatic rings. The van der Waals surface area contributed by atoms with Crippen LogP contribution in [0.3, 0.4) is 0 Å². The normalized spacial score (nSPS) is 17.4. The van der Waals surface area contributed by atoms with Gasteiger partial charge in [-0.1, -0.05) is 25.1 Å². The summed E-state index contributed by atoms with van der Waals surface area (Å²) >= 11 is 0. The summed E-state index contributed by atoms with van der Waals surface area (Å²) in [5.74, 6) is -0.637. The number of carbonyl (C=O) groups is 1. The molecule has 9 nitrogen and oxygen atoms in total. The highest BCUT2D eigenvalue weighted by molar-refractivity contribution is 7.89. The summed E-state index contributed by atoms with van der Waals surface area (Å²) in [5, 5.41) is 23.3. The third-order valence-corrected chi connectivity index (χ3v) is 5.51. The van der Waals surface area contributed by atoms with Gasteiger partial charge in [0.2, 0.25) is 10.0 Å². The monoisotopic (exact) mass is 401 g/mol. The van der Waals surface area contributed by atoms with E-state index in [9.17, 15) is 18.3 Å². The number of azo groups is 1. The number of nitrogens with zero attached hydrogens (tertiary/aromatic N) is 4. The Morgan fingerprint density at radius 2 is 1.93 bits per heavy atom. The van der Waals surface area contributed by atoms with Gasteiger partial charge in [0.1, 0.15) is 11.4 Å². The maximum atomic E-state index is 12.6. The summed E-state index contributed by atoms with van der Waals surface area (Å²) in [5.41, 5.74) is 0.984. The van der Waals surface area contributed by atoms with E-state index in [2.05, 4.69) is 20.1 Å². The van der Waals surface area contributed by atoms with Gasteiger partial charge in [-0.15, -0.1) is 0 Å². The second-order valence-electron chi connectivity index (χ2n) is 6.00. The number of sulfonamides is 1. The lowest BCUT2D eigenvalue weighted by molar-refractivity contribution is -0.117. The first kappa shape index (κ1) is 19.6. The highest BCUT2D eigenvalue weighted by Gasteiger charge is 2.34. The number of hydrogen-bond donors (Lipinski definition) is 2. The van der Waals surface area contributed by atoms with Gasteiger partial charge in [-0.25, -0.2) is 13.1 Å². The number of amides is 1. The van der Waals surface area contributed by atoms with Gasteiger partial charge in [0, 0.05) is 6.54 Å². The summed E-state index contributed by atoms with van der Waals surface area (Å²) in [6.07, 6.45) is 0. The number of hydrazone groups is 1. The fourth-order valence-electron chi connectivity index (χ4n) is 2.59. The summed E-state index contributed by atoms with van der Waals surface area (Å²) in [4.78, 5) is 12.6. The lowest BCUT2D eigenvalue weighted by Crippen LogP contribution is -2.29. The Labute approximate surface area is 162 Å². The van der Waals surface area contributed by atoms with Crippen LogP contribution in [0.15, 0.2) is 68.8 Å². The molecule has 2 N–H and O–H groups in total. The number of aromatic hydroxyl groups is 1. The van der Waals surface area contributed by atoms with E-state index >= 15 is 0 Å².